The quantitative estimate of drug-likeness (QED) is 0.553. The zero-order chi connectivity index (χ0) is 23.0. The monoisotopic (exact) mass is 439 g/mol. The smallest absolute Gasteiger partial charge is 0.253 e. The van der Waals surface area contributed by atoms with Gasteiger partial charge in [-0.15, -0.1) is 0 Å². The number of hydrogen-bond acceptors (Lipinski definition) is 3. The molecule has 1 aliphatic rings. The van der Waals surface area contributed by atoms with Crippen LogP contribution in [0.15, 0.2) is 36.5 Å². The minimum Gasteiger partial charge on any atom is -0.489 e. The summed E-state index contributed by atoms with van der Waals surface area (Å²) in [5.74, 6) is 1.02. The van der Waals surface area contributed by atoms with Crippen LogP contribution < -0.4 is 10.1 Å². The number of carbonyl (C=O) groups is 1. The molecule has 31 heavy (non-hydrogen) atoms. The van der Waals surface area contributed by atoms with Gasteiger partial charge in [0.15, 0.2) is 0 Å². The molecule has 1 amide bonds. The maximum Gasteiger partial charge on any atom is 0.253 e. The zero-order valence-corrected chi connectivity index (χ0v) is 19.7. The summed E-state index contributed by atoms with van der Waals surface area (Å²) in [5, 5.41) is 3.57. The third-order valence-corrected chi connectivity index (χ3v) is 6.42. The van der Waals surface area contributed by atoms with Gasteiger partial charge in [-0.1, -0.05) is 59.2 Å². The number of hydrogen-bond donors (Lipinski definition) is 1. The fraction of sp³-hybridized carbons (Fsp3) is 0.480. The number of carbonyl (C=O) groups excluding carboxylic acids is 1. The Morgan fingerprint density at radius 2 is 1.90 bits per heavy atom. The minimum absolute atomic E-state index is 0.0779. The lowest BCUT2D eigenvalue weighted by molar-refractivity contribution is -0.164. The normalized spacial score (nSPS) is 21.1. The van der Waals surface area contributed by atoms with Crippen molar-refractivity contribution in [2.24, 2.45) is 16.7 Å². The Morgan fingerprint density at radius 1 is 1.23 bits per heavy atom. The van der Waals surface area contributed by atoms with E-state index in [1.807, 2.05) is 12.1 Å². The highest BCUT2D eigenvalue weighted by Crippen LogP contribution is 2.55. The van der Waals surface area contributed by atoms with Gasteiger partial charge in [-0.05, 0) is 36.6 Å². The molecule has 6 heteroatoms. The fourth-order valence-corrected chi connectivity index (χ4v) is 5.11. The first kappa shape index (κ1) is 23.1. The molecule has 3 rings (SSSR count). The lowest BCUT2D eigenvalue weighted by Crippen LogP contribution is -2.74. The van der Waals surface area contributed by atoms with Crippen molar-refractivity contribution in [1.82, 2.24) is 10.3 Å². The molecule has 5 nitrogen and oxygen atoms in total. The topological polar surface area (TPSA) is 55.6 Å². The van der Waals surface area contributed by atoms with Crippen LogP contribution >= 0.6 is 11.6 Å². The van der Waals surface area contributed by atoms with Gasteiger partial charge < -0.3 is 10.1 Å². The Hall–Kier alpha value is -2.58. The molecule has 1 aliphatic carbocycles. The number of aromatic nitrogens is 1. The summed E-state index contributed by atoms with van der Waals surface area (Å²) in [6.07, 6.45) is 2.41. The molecule has 0 spiro atoms. The zero-order valence-electron chi connectivity index (χ0n) is 19.0. The van der Waals surface area contributed by atoms with E-state index in [-0.39, 0.29) is 28.9 Å². The third kappa shape index (κ3) is 4.55. The van der Waals surface area contributed by atoms with Gasteiger partial charge in [0.2, 0.25) is 5.69 Å². The molecule has 164 valence electrons. The molecular formula is C25H30ClN3O2. The van der Waals surface area contributed by atoms with Gasteiger partial charge in [-0.2, -0.15) is 0 Å². The maximum atomic E-state index is 12.9. The summed E-state index contributed by atoms with van der Waals surface area (Å²) in [7, 11) is 0. The highest BCUT2D eigenvalue weighted by atomic mass is 35.5. The van der Waals surface area contributed by atoms with E-state index >= 15 is 0 Å². The number of nitrogens with one attached hydrogen (secondary N) is 1. The van der Waals surface area contributed by atoms with Gasteiger partial charge in [0.1, 0.15) is 11.9 Å². The van der Waals surface area contributed by atoms with Crippen LogP contribution in [-0.2, 0) is 6.42 Å². The predicted molar refractivity (Wildman–Crippen MR) is 124 cm³/mol. The second-order valence-electron chi connectivity index (χ2n) is 9.91. The molecule has 1 N–H and O–H groups in total. The molecule has 0 bridgehead atoms. The van der Waals surface area contributed by atoms with Crippen molar-refractivity contribution in [1.29, 1.82) is 0 Å². The van der Waals surface area contributed by atoms with Gasteiger partial charge in [0.05, 0.1) is 17.2 Å². The minimum atomic E-state index is -0.297. The van der Waals surface area contributed by atoms with Crippen LogP contribution in [0, 0.1) is 23.3 Å². The summed E-state index contributed by atoms with van der Waals surface area (Å²) < 4.78 is 6.28. The van der Waals surface area contributed by atoms with Crippen LogP contribution in [0.3, 0.4) is 0 Å². The molecular weight excluding hydrogens is 410 g/mol. The van der Waals surface area contributed by atoms with Crippen molar-refractivity contribution < 1.29 is 9.53 Å². The predicted octanol–water partition coefficient (Wildman–Crippen LogP) is 6.10. The van der Waals surface area contributed by atoms with E-state index in [4.69, 9.17) is 22.9 Å². The van der Waals surface area contributed by atoms with E-state index < -0.39 is 0 Å². The molecule has 1 fully saturated rings. The van der Waals surface area contributed by atoms with Crippen molar-refractivity contribution in [3.05, 3.63) is 64.2 Å². The number of nitrogens with zero attached hydrogens (tertiary/aromatic N) is 2. The first-order valence-corrected chi connectivity index (χ1v) is 10.9. The summed E-state index contributed by atoms with van der Waals surface area (Å²) in [5.41, 5.74) is 1.36. The number of rotatable bonds is 6. The summed E-state index contributed by atoms with van der Waals surface area (Å²) in [6, 6.07) is 8.80. The average molecular weight is 440 g/mol. The van der Waals surface area contributed by atoms with E-state index in [9.17, 15) is 4.79 Å². The summed E-state index contributed by atoms with van der Waals surface area (Å²) in [4.78, 5) is 20.7. The van der Waals surface area contributed by atoms with Gasteiger partial charge in [-0.25, -0.2) is 4.85 Å². The van der Waals surface area contributed by atoms with E-state index in [0.717, 1.165) is 12.1 Å². The molecule has 0 atom stereocenters. The number of benzene rings is 1. The number of pyridine rings is 1. The third-order valence-electron chi connectivity index (χ3n) is 6.11. The molecule has 0 unspecified atom stereocenters. The van der Waals surface area contributed by atoms with Crippen LogP contribution in [-0.4, -0.2) is 23.0 Å². The Bertz CT molecular complexity index is 990. The lowest BCUT2D eigenvalue weighted by atomic mass is 9.49. The van der Waals surface area contributed by atoms with Crippen molar-refractivity contribution in [3.8, 4) is 5.75 Å². The van der Waals surface area contributed by atoms with Crippen LogP contribution in [0.2, 0.25) is 5.02 Å². The number of ether oxygens (including phenoxy) is 1. The van der Waals surface area contributed by atoms with Crippen molar-refractivity contribution >= 4 is 23.2 Å². The Kier molecular flexibility index (Phi) is 6.34. The molecule has 1 aromatic carbocycles. The average Bonchev–Trinajstić information content (AvgIpc) is 2.70. The van der Waals surface area contributed by atoms with Gasteiger partial charge >= 0.3 is 0 Å². The standard InChI is InChI=1S/C25H30ClN3O2/c1-15(2)12-17-9-8-16(14-28-17)21(30)29-22-24(3,4)23(25(22,5)6)31-18-10-11-20(27-7)19(26)13-18/h8-11,13-15,22-23H,12H2,1-6H3,(H,29,30). The number of halogens is 1. The van der Waals surface area contributed by atoms with Crippen molar-refractivity contribution in [2.75, 3.05) is 0 Å². The van der Waals surface area contributed by atoms with E-state index in [2.05, 4.69) is 56.7 Å². The highest BCUT2D eigenvalue weighted by molar-refractivity contribution is 6.33. The Balaban J connectivity index is 1.71. The largest absolute Gasteiger partial charge is 0.489 e. The summed E-state index contributed by atoms with van der Waals surface area (Å²) in [6.45, 7) is 19.8. The van der Waals surface area contributed by atoms with Crippen molar-refractivity contribution in [3.63, 3.8) is 0 Å². The maximum absolute atomic E-state index is 12.9. The Morgan fingerprint density at radius 3 is 2.42 bits per heavy atom. The van der Waals surface area contributed by atoms with E-state index in [1.54, 1.807) is 24.4 Å². The molecule has 1 saturated carbocycles. The molecule has 0 radical (unpaired) electrons. The van der Waals surface area contributed by atoms with Gasteiger partial charge in [0, 0.05) is 28.8 Å². The van der Waals surface area contributed by atoms with Gasteiger partial charge in [0.25, 0.3) is 5.91 Å². The fourth-order valence-electron chi connectivity index (χ4n) is 4.90. The van der Waals surface area contributed by atoms with Gasteiger partial charge in [-0.3, -0.25) is 9.78 Å². The Labute approximate surface area is 190 Å². The lowest BCUT2D eigenvalue weighted by Gasteiger charge is -2.63. The SMILES string of the molecule is [C-]#[N+]c1ccc(OC2C(C)(C)C(NC(=O)c3ccc(CC(C)C)nc3)C2(C)C)cc1Cl. The number of amides is 1. The highest BCUT2D eigenvalue weighted by Gasteiger charge is 2.64. The van der Waals surface area contributed by atoms with Crippen LogP contribution in [0.5, 0.6) is 5.75 Å². The van der Waals surface area contributed by atoms with E-state index in [0.29, 0.717) is 27.9 Å². The van der Waals surface area contributed by atoms with Crippen LogP contribution in [0.1, 0.15) is 57.6 Å². The summed E-state index contributed by atoms with van der Waals surface area (Å²) >= 11 is 6.16. The molecule has 1 aromatic heterocycles. The van der Waals surface area contributed by atoms with Crippen molar-refractivity contribution in [2.45, 2.75) is 60.1 Å². The van der Waals surface area contributed by atoms with Crippen LogP contribution in [0.4, 0.5) is 5.69 Å². The molecule has 0 aliphatic heterocycles. The van der Waals surface area contributed by atoms with E-state index in [1.165, 1.54) is 0 Å². The first-order chi connectivity index (χ1) is 14.5. The van der Waals surface area contributed by atoms with Crippen LogP contribution in [0.25, 0.3) is 4.85 Å². The molecule has 1 heterocycles. The second-order valence-corrected chi connectivity index (χ2v) is 10.3. The second kappa shape index (κ2) is 8.51. The molecule has 0 saturated heterocycles. The molecule has 2 aromatic rings. The first-order valence-electron chi connectivity index (χ1n) is 10.6.